The van der Waals surface area contributed by atoms with Gasteiger partial charge in [-0.15, -0.1) is 0 Å². The van der Waals surface area contributed by atoms with Crippen LogP contribution in [0.5, 0.6) is 0 Å². The summed E-state index contributed by atoms with van der Waals surface area (Å²) in [6.07, 6.45) is 1.36. The van der Waals surface area contributed by atoms with Crippen molar-refractivity contribution in [2.24, 2.45) is 5.10 Å². The predicted molar refractivity (Wildman–Crippen MR) is 120 cm³/mol. The van der Waals surface area contributed by atoms with Gasteiger partial charge in [-0.3, -0.25) is 14.9 Å². The van der Waals surface area contributed by atoms with Crippen LogP contribution in [0.15, 0.2) is 83.1 Å². The van der Waals surface area contributed by atoms with Gasteiger partial charge in [0.1, 0.15) is 0 Å². The van der Waals surface area contributed by atoms with Crippen LogP contribution in [0.4, 0.5) is 5.69 Å². The smallest absolute Gasteiger partial charge is 0.271 e. The number of fused-ring (bicyclic) bond motifs is 1. The van der Waals surface area contributed by atoms with E-state index in [1.807, 2.05) is 36.4 Å². The molecular weight excluding hydrogens is 414 g/mol. The summed E-state index contributed by atoms with van der Waals surface area (Å²) in [6.45, 7) is 0. The van der Waals surface area contributed by atoms with Gasteiger partial charge in [-0.2, -0.15) is 5.10 Å². The standard InChI is InChI=1S/C22H17N5O3S/c28-21(26-23-13-16-4-3-5-18(12-16)27(29)30)17-10-8-15(9-11-17)14-31-22-24-19-6-1-2-7-20(19)25-22/h1-13H,14H2,(H,24,25)(H,26,28). The number of hydrogen-bond donors (Lipinski definition) is 2. The molecule has 2 N–H and O–H groups in total. The van der Waals surface area contributed by atoms with Gasteiger partial charge in [-0.1, -0.05) is 48.2 Å². The van der Waals surface area contributed by atoms with E-state index in [-0.39, 0.29) is 11.6 Å². The molecule has 154 valence electrons. The Hall–Kier alpha value is -3.98. The third kappa shape index (κ3) is 5.14. The van der Waals surface area contributed by atoms with Gasteiger partial charge in [0.15, 0.2) is 5.16 Å². The van der Waals surface area contributed by atoms with Crippen LogP contribution in [0, 0.1) is 10.1 Å². The van der Waals surface area contributed by atoms with E-state index in [4.69, 9.17) is 0 Å². The summed E-state index contributed by atoms with van der Waals surface area (Å²) < 4.78 is 0. The Morgan fingerprint density at radius 2 is 1.94 bits per heavy atom. The molecule has 0 aliphatic heterocycles. The molecule has 0 radical (unpaired) electrons. The monoisotopic (exact) mass is 431 g/mol. The summed E-state index contributed by atoms with van der Waals surface area (Å²) in [5.41, 5.74) is 6.37. The fourth-order valence-electron chi connectivity index (χ4n) is 2.85. The molecule has 0 aliphatic rings. The van der Waals surface area contributed by atoms with Crippen molar-refractivity contribution in [2.75, 3.05) is 0 Å². The van der Waals surface area contributed by atoms with Crippen molar-refractivity contribution >= 4 is 40.6 Å². The molecule has 8 nitrogen and oxygen atoms in total. The lowest BCUT2D eigenvalue weighted by Crippen LogP contribution is -2.17. The van der Waals surface area contributed by atoms with E-state index >= 15 is 0 Å². The number of carbonyl (C=O) groups is 1. The van der Waals surface area contributed by atoms with Crippen LogP contribution in [-0.4, -0.2) is 27.0 Å². The van der Waals surface area contributed by atoms with E-state index in [0.29, 0.717) is 16.9 Å². The number of imidazole rings is 1. The van der Waals surface area contributed by atoms with E-state index < -0.39 is 4.92 Å². The number of carbonyl (C=O) groups excluding carboxylic acids is 1. The zero-order valence-corrected chi connectivity index (χ0v) is 17.0. The number of benzene rings is 3. The Balaban J connectivity index is 1.32. The zero-order valence-electron chi connectivity index (χ0n) is 16.2. The highest BCUT2D eigenvalue weighted by Gasteiger charge is 2.07. The Bertz CT molecular complexity index is 1230. The molecule has 0 saturated carbocycles. The number of aromatic nitrogens is 2. The summed E-state index contributed by atoms with van der Waals surface area (Å²) in [5, 5.41) is 15.5. The van der Waals surface area contributed by atoms with Crippen molar-refractivity contribution in [2.45, 2.75) is 10.9 Å². The first-order valence-corrected chi connectivity index (χ1v) is 10.3. The molecule has 0 unspecified atom stereocenters. The molecule has 1 amide bonds. The van der Waals surface area contributed by atoms with Gasteiger partial charge in [-0.05, 0) is 29.8 Å². The van der Waals surface area contributed by atoms with E-state index in [2.05, 4.69) is 20.5 Å². The zero-order chi connectivity index (χ0) is 21.6. The molecule has 3 aromatic carbocycles. The van der Waals surface area contributed by atoms with Gasteiger partial charge >= 0.3 is 0 Å². The van der Waals surface area contributed by atoms with Crippen LogP contribution in [0.3, 0.4) is 0 Å². The van der Waals surface area contributed by atoms with Gasteiger partial charge in [-0.25, -0.2) is 10.4 Å². The number of non-ortho nitro benzene ring substituents is 1. The quantitative estimate of drug-likeness (QED) is 0.193. The molecule has 1 heterocycles. The molecule has 9 heteroatoms. The van der Waals surface area contributed by atoms with Crippen LogP contribution in [0.25, 0.3) is 11.0 Å². The van der Waals surface area contributed by atoms with E-state index in [1.54, 1.807) is 36.0 Å². The molecule has 0 fully saturated rings. The number of nitrogens with zero attached hydrogens (tertiary/aromatic N) is 3. The van der Waals surface area contributed by atoms with Crippen molar-refractivity contribution in [1.82, 2.24) is 15.4 Å². The molecule has 0 bridgehead atoms. The predicted octanol–water partition coefficient (Wildman–Crippen LogP) is 4.53. The number of aromatic amines is 1. The molecule has 31 heavy (non-hydrogen) atoms. The number of hydrazone groups is 1. The van der Waals surface area contributed by atoms with Gasteiger partial charge in [0.25, 0.3) is 11.6 Å². The number of amides is 1. The molecule has 0 atom stereocenters. The van der Waals surface area contributed by atoms with E-state index in [0.717, 1.165) is 21.8 Å². The first-order valence-electron chi connectivity index (χ1n) is 9.33. The second kappa shape index (κ2) is 9.23. The van der Waals surface area contributed by atoms with Gasteiger partial charge in [0, 0.05) is 29.0 Å². The number of nitro groups is 1. The van der Waals surface area contributed by atoms with Crippen LogP contribution < -0.4 is 5.43 Å². The number of rotatable bonds is 7. The molecule has 4 rings (SSSR count). The topological polar surface area (TPSA) is 113 Å². The van der Waals surface area contributed by atoms with Crippen LogP contribution in [0.2, 0.25) is 0 Å². The van der Waals surface area contributed by atoms with Crippen molar-refractivity contribution in [3.8, 4) is 0 Å². The van der Waals surface area contributed by atoms with Crippen LogP contribution in [-0.2, 0) is 5.75 Å². The highest BCUT2D eigenvalue weighted by molar-refractivity contribution is 7.98. The highest BCUT2D eigenvalue weighted by Crippen LogP contribution is 2.23. The van der Waals surface area contributed by atoms with Gasteiger partial charge in [0.2, 0.25) is 0 Å². The summed E-state index contributed by atoms with van der Waals surface area (Å²) in [5.74, 6) is 0.352. The summed E-state index contributed by atoms with van der Waals surface area (Å²) in [6, 6.07) is 21.1. The van der Waals surface area contributed by atoms with Crippen molar-refractivity contribution in [1.29, 1.82) is 0 Å². The summed E-state index contributed by atoms with van der Waals surface area (Å²) >= 11 is 1.59. The average molecular weight is 431 g/mol. The molecule has 4 aromatic rings. The summed E-state index contributed by atoms with van der Waals surface area (Å²) in [7, 11) is 0. The van der Waals surface area contributed by atoms with Crippen molar-refractivity contribution < 1.29 is 9.72 Å². The lowest BCUT2D eigenvalue weighted by Gasteiger charge is -2.03. The second-order valence-corrected chi connectivity index (χ2v) is 7.56. The SMILES string of the molecule is O=C(NN=Cc1cccc([N+](=O)[O-])c1)c1ccc(CSc2nc3ccccc3[nH]2)cc1. The van der Waals surface area contributed by atoms with Crippen molar-refractivity contribution in [3.63, 3.8) is 0 Å². The number of H-pyrrole nitrogens is 1. The fraction of sp³-hybridized carbons (Fsp3) is 0.0455. The fourth-order valence-corrected chi connectivity index (χ4v) is 3.69. The second-order valence-electron chi connectivity index (χ2n) is 6.60. The molecule has 0 spiro atoms. The minimum atomic E-state index is -0.482. The number of nitrogens with one attached hydrogen (secondary N) is 2. The lowest BCUT2D eigenvalue weighted by atomic mass is 10.1. The lowest BCUT2D eigenvalue weighted by molar-refractivity contribution is -0.384. The average Bonchev–Trinajstić information content (AvgIpc) is 3.21. The Kier molecular flexibility index (Phi) is 6.04. The van der Waals surface area contributed by atoms with Gasteiger partial charge < -0.3 is 4.98 Å². The Morgan fingerprint density at radius 3 is 2.71 bits per heavy atom. The highest BCUT2D eigenvalue weighted by atomic mass is 32.2. The normalized spacial score (nSPS) is 11.1. The van der Waals surface area contributed by atoms with E-state index in [9.17, 15) is 14.9 Å². The minimum absolute atomic E-state index is 0.0358. The van der Waals surface area contributed by atoms with Crippen LogP contribution >= 0.6 is 11.8 Å². The molecular formula is C22H17N5O3S. The third-order valence-electron chi connectivity index (χ3n) is 4.42. The number of nitro benzene ring substituents is 1. The summed E-state index contributed by atoms with van der Waals surface area (Å²) in [4.78, 5) is 30.4. The largest absolute Gasteiger partial charge is 0.333 e. The third-order valence-corrected chi connectivity index (χ3v) is 5.36. The molecule has 1 aromatic heterocycles. The van der Waals surface area contributed by atoms with Gasteiger partial charge in [0.05, 0.1) is 22.2 Å². The number of para-hydroxylation sites is 2. The number of thioether (sulfide) groups is 1. The number of hydrogen-bond acceptors (Lipinski definition) is 6. The molecule has 0 aliphatic carbocycles. The maximum Gasteiger partial charge on any atom is 0.271 e. The Labute approximate surface area is 181 Å². The molecule has 0 saturated heterocycles. The Morgan fingerprint density at radius 1 is 1.13 bits per heavy atom. The minimum Gasteiger partial charge on any atom is -0.333 e. The first-order chi connectivity index (χ1) is 15.1. The maximum atomic E-state index is 12.2. The van der Waals surface area contributed by atoms with Crippen molar-refractivity contribution in [3.05, 3.63) is 99.6 Å². The first kappa shape index (κ1) is 20.3. The maximum absolute atomic E-state index is 12.2. The van der Waals surface area contributed by atoms with E-state index in [1.165, 1.54) is 18.3 Å². The van der Waals surface area contributed by atoms with Crippen LogP contribution in [0.1, 0.15) is 21.5 Å².